The number of ether oxygens (including phenoxy) is 2. The average Bonchev–Trinajstić information content (AvgIpc) is 2.65. The third-order valence-electron chi connectivity index (χ3n) is 3.24. The van der Waals surface area contributed by atoms with Crippen LogP contribution in [-0.2, 0) is 13.1 Å². The quantitative estimate of drug-likeness (QED) is 0.221. The molecular weight excluding hydrogens is 324 g/mol. The summed E-state index contributed by atoms with van der Waals surface area (Å²) >= 11 is 0. The van der Waals surface area contributed by atoms with Crippen molar-refractivity contribution >= 4 is 12.4 Å². The fourth-order valence-electron chi connectivity index (χ4n) is 2.09. The minimum Gasteiger partial charge on any atom is -0.487 e. The highest BCUT2D eigenvalue weighted by molar-refractivity contribution is 5.54. The molecule has 0 spiro atoms. The van der Waals surface area contributed by atoms with Gasteiger partial charge in [0.1, 0.15) is 12.4 Å². The fourth-order valence-corrected chi connectivity index (χ4v) is 2.09. The van der Waals surface area contributed by atoms with E-state index in [9.17, 15) is 0 Å². The van der Waals surface area contributed by atoms with Gasteiger partial charge in [-0.1, -0.05) is 10.3 Å². The van der Waals surface area contributed by atoms with E-state index in [0.717, 1.165) is 17.9 Å². The van der Waals surface area contributed by atoms with E-state index >= 15 is 0 Å². The molecule has 0 aliphatic rings. The van der Waals surface area contributed by atoms with Gasteiger partial charge in [0.2, 0.25) is 12.4 Å². The maximum Gasteiger partial charge on any atom is 0.211 e. The predicted molar refractivity (Wildman–Crippen MR) is 89.4 cm³/mol. The van der Waals surface area contributed by atoms with Crippen LogP contribution >= 0.6 is 0 Å². The molecule has 0 radical (unpaired) electrons. The van der Waals surface area contributed by atoms with Gasteiger partial charge in [0.15, 0.2) is 37.0 Å². The van der Waals surface area contributed by atoms with Crippen LogP contribution in [0, 0.1) is 0 Å². The van der Waals surface area contributed by atoms with Crippen LogP contribution in [0.15, 0.2) is 59.4 Å². The van der Waals surface area contributed by atoms with Crippen LogP contribution in [0.25, 0.3) is 0 Å². The monoisotopic (exact) mass is 346 g/mol. The molecule has 2 rings (SSSR count). The van der Waals surface area contributed by atoms with E-state index in [0.29, 0.717) is 26.3 Å². The van der Waals surface area contributed by atoms with Gasteiger partial charge in [-0.15, -0.1) is 0 Å². The van der Waals surface area contributed by atoms with Crippen LogP contribution in [0.4, 0.5) is 0 Å². The second-order valence-electron chi connectivity index (χ2n) is 5.12. The fraction of sp³-hybridized carbons (Fsp3) is 0.294. The van der Waals surface area contributed by atoms with E-state index in [4.69, 9.17) is 19.9 Å². The number of nitrogens with zero attached hydrogens (tertiary/aromatic N) is 4. The molecule has 0 atom stereocenters. The van der Waals surface area contributed by atoms with Crippen LogP contribution in [-0.4, -0.2) is 36.1 Å². The Bertz CT molecular complexity index is 647. The highest BCUT2D eigenvalue weighted by atomic mass is 16.5. The minimum absolute atomic E-state index is 0.478. The second-order valence-corrected chi connectivity index (χ2v) is 5.12. The zero-order valence-corrected chi connectivity index (χ0v) is 13.8. The van der Waals surface area contributed by atoms with E-state index in [1.54, 1.807) is 0 Å². The van der Waals surface area contributed by atoms with Crippen molar-refractivity contribution in [3.8, 4) is 11.5 Å². The standard InChI is InChI=1S/C17H20N4O4/c22-18-6-10-20-8-1-4-16(14-20)24-12-3-13-25-17-5-2-9-21(15-17)11-7-19-23/h1-2,4-9,14-15H,3,10-13H2/p+2/b18-6+,19-7+. The lowest BCUT2D eigenvalue weighted by atomic mass is 10.4. The summed E-state index contributed by atoms with van der Waals surface area (Å²) in [6, 6.07) is 7.48. The average molecular weight is 346 g/mol. The van der Waals surface area contributed by atoms with Crippen LogP contribution in [0.5, 0.6) is 11.5 Å². The molecule has 0 bridgehead atoms. The van der Waals surface area contributed by atoms with Crippen LogP contribution in [0.1, 0.15) is 6.42 Å². The van der Waals surface area contributed by atoms with E-state index in [2.05, 4.69) is 10.3 Å². The first kappa shape index (κ1) is 18.2. The zero-order chi connectivity index (χ0) is 17.7. The topological polar surface area (TPSA) is 91.4 Å². The largest absolute Gasteiger partial charge is 0.487 e. The molecule has 2 heterocycles. The third-order valence-corrected chi connectivity index (χ3v) is 3.24. The molecule has 2 aromatic rings. The van der Waals surface area contributed by atoms with Crippen LogP contribution in [0.3, 0.4) is 0 Å². The smallest absolute Gasteiger partial charge is 0.211 e. The summed E-state index contributed by atoms with van der Waals surface area (Å²) < 4.78 is 15.1. The van der Waals surface area contributed by atoms with Crippen molar-refractivity contribution in [1.29, 1.82) is 0 Å². The number of rotatable bonds is 10. The molecule has 0 fully saturated rings. The molecule has 8 nitrogen and oxygen atoms in total. The summed E-state index contributed by atoms with van der Waals surface area (Å²) in [5, 5.41) is 22.8. The Morgan fingerprint density at radius 1 is 0.840 bits per heavy atom. The summed E-state index contributed by atoms with van der Waals surface area (Å²) in [4.78, 5) is 0. The van der Waals surface area contributed by atoms with Crippen LogP contribution < -0.4 is 18.6 Å². The Morgan fingerprint density at radius 3 is 1.76 bits per heavy atom. The van der Waals surface area contributed by atoms with E-state index in [1.165, 1.54) is 12.4 Å². The second kappa shape index (κ2) is 10.6. The molecule has 0 saturated carbocycles. The first-order chi connectivity index (χ1) is 12.3. The number of hydrogen-bond acceptors (Lipinski definition) is 6. The lowest BCUT2D eigenvalue weighted by molar-refractivity contribution is -0.681. The van der Waals surface area contributed by atoms with Crippen molar-refractivity contribution in [2.24, 2.45) is 10.3 Å². The Hall–Kier alpha value is -3.16. The van der Waals surface area contributed by atoms with Crippen LogP contribution in [0.2, 0.25) is 0 Å². The lowest BCUT2D eigenvalue weighted by Gasteiger charge is -2.06. The van der Waals surface area contributed by atoms with Crippen molar-refractivity contribution in [2.75, 3.05) is 13.2 Å². The van der Waals surface area contributed by atoms with Gasteiger partial charge in [0, 0.05) is 18.6 Å². The van der Waals surface area contributed by atoms with E-state index in [-0.39, 0.29) is 0 Å². The first-order valence-corrected chi connectivity index (χ1v) is 7.87. The van der Waals surface area contributed by atoms with Crippen molar-refractivity contribution < 1.29 is 29.0 Å². The minimum atomic E-state index is 0.478. The number of hydrogen-bond donors (Lipinski definition) is 2. The maximum atomic E-state index is 8.44. The van der Waals surface area contributed by atoms with Crippen molar-refractivity contribution in [3.05, 3.63) is 49.1 Å². The van der Waals surface area contributed by atoms with Crippen molar-refractivity contribution in [3.63, 3.8) is 0 Å². The number of aromatic nitrogens is 2. The molecule has 0 aliphatic heterocycles. The third kappa shape index (κ3) is 6.86. The molecule has 2 N–H and O–H groups in total. The van der Waals surface area contributed by atoms with Gasteiger partial charge < -0.3 is 19.9 Å². The summed E-state index contributed by atoms with van der Waals surface area (Å²) in [6.45, 7) is 2.02. The Labute approximate surface area is 145 Å². The molecule has 132 valence electrons. The Kier molecular flexibility index (Phi) is 7.70. The van der Waals surface area contributed by atoms with E-state index < -0.39 is 0 Å². The van der Waals surface area contributed by atoms with E-state index in [1.807, 2.05) is 58.2 Å². The van der Waals surface area contributed by atoms with Crippen molar-refractivity contribution in [2.45, 2.75) is 19.5 Å². The Morgan fingerprint density at radius 2 is 1.32 bits per heavy atom. The molecular formula is C17H22N4O4+2. The SMILES string of the molecule is O/N=C/C[n+]1cccc(OCCCOc2ccc[n+](C/C=N/O)c2)c1. The summed E-state index contributed by atoms with van der Waals surface area (Å²) in [5.41, 5.74) is 0. The first-order valence-electron chi connectivity index (χ1n) is 7.87. The molecule has 0 saturated heterocycles. The molecule has 8 heteroatoms. The molecule has 0 amide bonds. The highest BCUT2D eigenvalue weighted by Crippen LogP contribution is 2.08. The molecule has 0 unspecified atom stereocenters. The Balaban J connectivity index is 1.71. The molecule has 0 aliphatic carbocycles. The zero-order valence-electron chi connectivity index (χ0n) is 13.8. The number of oxime groups is 2. The van der Waals surface area contributed by atoms with Crippen molar-refractivity contribution in [1.82, 2.24) is 0 Å². The highest BCUT2D eigenvalue weighted by Gasteiger charge is 2.04. The van der Waals surface area contributed by atoms with Gasteiger partial charge in [-0.25, -0.2) is 0 Å². The molecule has 2 aromatic heterocycles. The predicted octanol–water partition coefficient (Wildman–Crippen LogP) is 1.03. The number of pyridine rings is 2. The summed E-state index contributed by atoms with van der Waals surface area (Å²) in [7, 11) is 0. The summed E-state index contributed by atoms with van der Waals surface area (Å²) in [5.74, 6) is 1.49. The van der Waals surface area contributed by atoms with Gasteiger partial charge in [0.05, 0.1) is 13.2 Å². The van der Waals surface area contributed by atoms with Gasteiger partial charge in [0.25, 0.3) is 0 Å². The normalized spacial score (nSPS) is 11.2. The van der Waals surface area contributed by atoms with Gasteiger partial charge in [-0.05, 0) is 12.1 Å². The molecule has 25 heavy (non-hydrogen) atoms. The lowest BCUT2D eigenvalue weighted by Crippen LogP contribution is -2.33. The van der Waals surface area contributed by atoms with Gasteiger partial charge in [-0.3, -0.25) is 0 Å². The van der Waals surface area contributed by atoms with Gasteiger partial charge in [-0.2, -0.15) is 9.13 Å². The van der Waals surface area contributed by atoms with Gasteiger partial charge >= 0.3 is 0 Å². The summed E-state index contributed by atoms with van der Waals surface area (Å²) in [6.07, 6.45) is 10.9. The molecule has 0 aromatic carbocycles. The maximum absolute atomic E-state index is 8.44.